The molecule has 3 nitrogen and oxygen atoms in total. The molecule has 0 aliphatic rings. The van der Waals surface area contributed by atoms with Crippen LogP contribution < -0.4 is 0 Å². The van der Waals surface area contributed by atoms with Crippen LogP contribution in [0.1, 0.15) is 23.9 Å². The number of benzene rings is 1. The van der Waals surface area contributed by atoms with Crippen LogP contribution in [0.2, 0.25) is 0 Å². The van der Waals surface area contributed by atoms with Crippen molar-refractivity contribution in [2.75, 3.05) is 0 Å². The van der Waals surface area contributed by atoms with E-state index in [-0.39, 0.29) is 6.61 Å². The maximum atomic E-state index is 9.47. The van der Waals surface area contributed by atoms with E-state index >= 15 is 0 Å². The molecule has 0 unspecified atom stereocenters. The van der Waals surface area contributed by atoms with Crippen LogP contribution in [0, 0.1) is 0 Å². The maximum Gasteiger partial charge on any atom is 0.0702 e. The van der Waals surface area contributed by atoms with E-state index in [1.54, 1.807) is 0 Å². The summed E-state index contributed by atoms with van der Waals surface area (Å²) >= 11 is 0. The monoisotopic (exact) mass is 266 g/mol. The number of nitrogens with zero attached hydrogens (tertiary/aromatic N) is 2. The van der Waals surface area contributed by atoms with Gasteiger partial charge in [0, 0.05) is 28.4 Å². The fourth-order valence-electron chi connectivity index (χ4n) is 2.57. The molecule has 0 radical (unpaired) electrons. The first-order valence-electron chi connectivity index (χ1n) is 6.94. The van der Waals surface area contributed by atoms with Crippen molar-refractivity contribution in [3.63, 3.8) is 0 Å². The molecule has 0 fully saturated rings. The Hall–Kier alpha value is -2.13. The lowest BCUT2D eigenvalue weighted by Gasteiger charge is -2.06. The molecule has 0 amide bonds. The highest BCUT2D eigenvalue weighted by molar-refractivity contribution is 5.83. The molecule has 0 saturated carbocycles. The van der Waals surface area contributed by atoms with E-state index < -0.39 is 0 Å². The number of pyridine rings is 1. The van der Waals surface area contributed by atoms with Crippen LogP contribution in [-0.2, 0) is 19.6 Å². The molecule has 3 aromatic rings. The molecule has 2 aromatic heterocycles. The van der Waals surface area contributed by atoms with Crippen molar-refractivity contribution < 1.29 is 5.11 Å². The molecule has 1 aromatic carbocycles. The minimum atomic E-state index is 0.0654. The van der Waals surface area contributed by atoms with E-state index in [4.69, 9.17) is 0 Å². The van der Waals surface area contributed by atoms with Gasteiger partial charge in [-0.1, -0.05) is 31.2 Å². The van der Waals surface area contributed by atoms with Crippen molar-refractivity contribution in [3.05, 3.63) is 65.6 Å². The second-order valence-electron chi connectivity index (χ2n) is 4.93. The highest BCUT2D eigenvalue weighted by Crippen LogP contribution is 2.22. The quantitative estimate of drug-likeness (QED) is 0.787. The molecule has 0 saturated heterocycles. The van der Waals surface area contributed by atoms with Crippen molar-refractivity contribution >= 4 is 10.9 Å². The highest BCUT2D eigenvalue weighted by Gasteiger charge is 2.08. The average molecular weight is 266 g/mol. The number of hydrogen-bond acceptors (Lipinski definition) is 2. The fraction of sp³-hybridized carbons (Fsp3) is 0.235. The molecular formula is C17H18N2O. The largest absolute Gasteiger partial charge is 0.392 e. The van der Waals surface area contributed by atoms with E-state index in [0.29, 0.717) is 0 Å². The van der Waals surface area contributed by atoms with Crippen LogP contribution in [0.3, 0.4) is 0 Å². The molecule has 0 aliphatic carbocycles. The smallest absolute Gasteiger partial charge is 0.0702 e. The Bertz CT molecular complexity index is 731. The van der Waals surface area contributed by atoms with E-state index in [1.165, 1.54) is 0 Å². The number of rotatable bonds is 4. The topological polar surface area (TPSA) is 38.0 Å². The highest BCUT2D eigenvalue weighted by atomic mass is 16.3. The first kappa shape index (κ1) is 12.9. The summed E-state index contributed by atoms with van der Waals surface area (Å²) in [5.74, 6) is 0. The zero-order valence-corrected chi connectivity index (χ0v) is 11.6. The molecule has 2 heterocycles. The molecule has 0 atom stereocenters. The average Bonchev–Trinajstić information content (AvgIpc) is 2.86. The van der Waals surface area contributed by atoms with Gasteiger partial charge < -0.3 is 9.67 Å². The maximum absolute atomic E-state index is 9.47. The summed E-state index contributed by atoms with van der Waals surface area (Å²) in [7, 11) is 0. The number of aryl methyl sites for hydroxylation is 1. The van der Waals surface area contributed by atoms with Gasteiger partial charge in [-0.3, -0.25) is 4.98 Å². The Balaban J connectivity index is 2.02. The molecule has 3 heteroatoms. The number of hydrogen-bond donors (Lipinski definition) is 1. The summed E-state index contributed by atoms with van der Waals surface area (Å²) in [6, 6.07) is 14.3. The predicted octanol–water partition coefficient (Wildman–Crippen LogP) is 3.14. The van der Waals surface area contributed by atoms with Crippen LogP contribution in [0.15, 0.2) is 48.7 Å². The molecular weight excluding hydrogens is 248 g/mol. The second-order valence-corrected chi connectivity index (χ2v) is 4.93. The lowest BCUT2D eigenvalue weighted by molar-refractivity contribution is 0.283. The van der Waals surface area contributed by atoms with Crippen molar-refractivity contribution in [2.45, 2.75) is 26.5 Å². The van der Waals surface area contributed by atoms with Gasteiger partial charge in [-0.15, -0.1) is 0 Å². The van der Waals surface area contributed by atoms with Gasteiger partial charge in [0.2, 0.25) is 0 Å². The Morgan fingerprint density at radius 3 is 2.65 bits per heavy atom. The van der Waals surface area contributed by atoms with Crippen molar-refractivity contribution in [1.29, 1.82) is 0 Å². The summed E-state index contributed by atoms with van der Waals surface area (Å²) in [5, 5.41) is 10.6. The van der Waals surface area contributed by atoms with Crippen LogP contribution in [0.5, 0.6) is 0 Å². The van der Waals surface area contributed by atoms with Gasteiger partial charge >= 0.3 is 0 Å². The van der Waals surface area contributed by atoms with Gasteiger partial charge in [-0.05, 0) is 24.6 Å². The Labute approximate surface area is 118 Å². The Morgan fingerprint density at radius 1 is 1.05 bits per heavy atom. The van der Waals surface area contributed by atoms with Crippen LogP contribution in [0.25, 0.3) is 10.9 Å². The van der Waals surface area contributed by atoms with Gasteiger partial charge in [0.1, 0.15) is 0 Å². The third-order valence-electron chi connectivity index (χ3n) is 3.60. The van der Waals surface area contributed by atoms with Crippen molar-refractivity contribution in [2.24, 2.45) is 0 Å². The van der Waals surface area contributed by atoms with Crippen molar-refractivity contribution in [1.82, 2.24) is 9.55 Å². The molecule has 0 spiro atoms. The van der Waals surface area contributed by atoms with Crippen LogP contribution >= 0.6 is 0 Å². The van der Waals surface area contributed by atoms with Crippen LogP contribution in [-0.4, -0.2) is 14.7 Å². The summed E-state index contributed by atoms with van der Waals surface area (Å²) in [5.41, 5.74) is 4.27. The zero-order valence-electron chi connectivity index (χ0n) is 11.6. The third kappa shape index (κ3) is 2.32. The number of para-hydroxylation sites is 1. The number of aliphatic hydroxyl groups excluding tert-OH is 1. The zero-order chi connectivity index (χ0) is 13.9. The van der Waals surface area contributed by atoms with Gasteiger partial charge in [-0.25, -0.2) is 0 Å². The van der Waals surface area contributed by atoms with E-state index in [2.05, 4.69) is 34.7 Å². The molecule has 3 rings (SSSR count). The normalized spacial score (nSPS) is 11.1. The van der Waals surface area contributed by atoms with E-state index in [1.807, 2.05) is 30.5 Å². The number of aliphatic hydroxyl groups is 1. The van der Waals surface area contributed by atoms with Crippen LogP contribution in [0.4, 0.5) is 0 Å². The summed E-state index contributed by atoms with van der Waals surface area (Å²) in [6.45, 7) is 2.91. The van der Waals surface area contributed by atoms with Gasteiger partial charge in [0.25, 0.3) is 0 Å². The van der Waals surface area contributed by atoms with Gasteiger partial charge in [-0.2, -0.15) is 0 Å². The van der Waals surface area contributed by atoms with E-state index in [9.17, 15) is 5.11 Å². The minimum Gasteiger partial charge on any atom is -0.392 e. The molecule has 0 bridgehead atoms. The SMILES string of the molecule is CCc1cccc(Cn2cc(CO)c3ccccc32)n1. The standard InChI is InChI=1S/C17H18N2O/c1-2-14-6-5-7-15(18-14)11-19-10-13(12-20)16-8-3-4-9-17(16)19/h3-10,20H,2,11-12H2,1H3. The Kier molecular flexibility index (Phi) is 3.52. The molecule has 1 N–H and O–H groups in total. The minimum absolute atomic E-state index is 0.0654. The first-order chi connectivity index (χ1) is 9.81. The number of aromatic nitrogens is 2. The third-order valence-corrected chi connectivity index (χ3v) is 3.60. The molecule has 20 heavy (non-hydrogen) atoms. The molecule has 0 aliphatic heterocycles. The summed E-state index contributed by atoms with van der Waals surface area (Å²) in [6.07, 6.45) is 2.97. The van der Waals surface area contributed by atoms with Crippen molar-refractivity contribution in [3.8, 4) is 0 Å². The fourth-order valence-corrected chi connectivity index (χ4v) is 2.57. The second kappa shape index (κ2) is 5.47. The summed E-state index contributed by atoms with van der Waals surface area (Å²) < 4.78 is 2.16. The van der Waals surface area contributed by atoms with Gasteiger partial charge in [0.05, 0.1) is 18.8 Å². The Morgan fingerprint density at radius 2 is 1.85 bits per heavy atom. The lowest BCUT2D eigenvalue weighted by atomic mass is 10.2. The van der Waals surface area contributed by atoms with E-state index in [0.717, 1.165) is 40.8 Å². The molecule has 102 valence electrons. The van der Waals surface area contributed by atoms with Gasteiger partial charge in [0.15, 0.2) is 0 Å². The first-order valence-corrected chi connectivity index (χ1v) is 6.94. The summed E-state index contributed by atoms with van der Waals surface area (Å²) in [4.78, 5) is 4.65. The predicted molar refractivity (Wildman–Crippen MR) is 80.6 cm³/mol. The number of fused-ring (bicyclic) bond motifs is 1. The lowest BCUT2D eigenvalue weighted by Crippen LogP contribution is -2.02.